The van der Waals surface area contributed by atoms with Crippen LogP contribution in [0.1, 0.15) is 12.1 Å². The SMILES string of the molecule is NCC1CCN(Cc2nc(Cl)ccc2Cl)C1. The number of hydrogen-bond donors (Lipinski definition) is 1. The van der Waals surface area contributed by atoms with Crippen molar-refractivity contribution in [1.29, 1.82) is 0 Å². The fourth-order valence-electron chi connectivity index (χ4n) is 2.03. The highest BCUT2D eigenvalue weighted by atomic mass is 35.5. The number of pyridine rings is 1. The van der Waals surface area contributed by atoms with Crippen molar-refractivity contribution >= 4 is 23.2 Å². The Hall–Kier alpha value is -0.350. The molecule has 0 aliphatic carbocycles. The predicted molar refractivity (Wildman–Crippen MR) is 66.7 cm³/mol. The lowest BCUT2D eigenvalue weighted by Gasteiger charge is -2.15. The molecule has 0 spiro atoms. The molecule has 2 heterocycles. The van der Waals surface area contributed by atoms with Crippen molar-refractivity contribution in [3.05, 3.63) is 28.0 Å². The number of rotatable bonds is 3. The van der Waals surface area contributed by atoms with E-state index in [0.29, 0.717) is 16.1 Å². The Labute approximate surface area is 106 Å². The Morgan fingerprint density at radius 3 is 2.94 bits per heavy atom. The van der Waals surface area contributed by atoms with Crippen molar-refractivity contribution in [2.75, 3.05) is 19.6 Å². The summed E-state index contributed by atoms with van der Waals surface area (Å²) >= 11 is 11.9. The second kappa shape index (κ2) is 5.32. The number of hydrogen-bond acceptors (Lipinski definition) is 3. The molecule has 1 fully saturated rings. The lowest BCUT2D eigenvalue weighted by molar-refractivity contribution is 0.314. The number of likely N-dealkylation sites (tertiary alicyclic amines) is 1. The van der Waals surface area contributed by atoms with Gasteiger partial charge in [0.25, 0.3) is 0 Å². The van der Waals surface area contributed by atoms with Gasteiger partial charge in [-0.2, -0.15) is 0 Å². The Bertz CT molecular complexity index is 370. The van der Waals surface area contributed by atoms with E-state index in [1.807, 2.05) is 0 Å². The van der Waals surface area contributed by atoms with Crippen LogP contribution in [0.2, 0.25) is 10.2 Å². The van der Waals surface area contributed by atoms with Crippen LogP contribution in [0.4, 0.5) is 0 Å². The predicted octanol–water partition coefficient (Wildman–Crippen LogP) is 2.17. The molecule has 2 N–H and O–H groups in total. The van der Waals surface area contributed by atoms with E-state index in [0.717, 1.165) is 38.3 Å². The summed E-state index contributed by atoms with van der Waals surface area (Å²) in [6.45, 7) is 3.61. The van der Waals surface area contributed by atoms with Gasteiger partial charge in [0.2, 0.25) is 0 Å². The van der Waals surface area contributed by atoms with Gasteiger partial charge in [-0.25, -0.2) is 4.98 Å². The molecule has 0 aromatic carbocycles. The van der Waals surface area contributed by atoms with Crippen molar-refractivity contribution in [3.63, 3.8) is 0 Å². The maximum atomic E-state index is 6.07. The third kappa shape index (κ3) is 2.86. The minimum atomic E-state index is 0.494. The van der Waals surface area contributed by atoms with E-state index in [1.54, 1.807) is 12.1 Å². The van der Waals surface area contributed by atoms with Crippen molar-refractivity contribution in [1.82, 2.24) is 9.88 Å². The summed E-state index contributed by atoms with van der Waals surface area (Å²) in [6, 6.07) is 3.50. The molecule has 1 aliphatic rings. The van der Waals surface area contributed by atoms with Crippen LogP contribution in [0, 0.1) is 5.92 Å². The zero-order valence-electron chi connectivity index (χ0n) is 9.00. The van der Waals surface area contributed by atoms with Crippen molar-refractivity contribution in [2.45, 2.75) is 13.0 Å². The standard InChI is InChI=1S/C11H15Cl2N3/c12-9-1-2-11(13)15-10(9)7-16-4-3-8(5-14)6-16/h1-2,8H,3-7,14H2. The van der Waals surface area contributed by atoms with Gasteiger partial charge in [-0.05, 0) is 37.6 Å². The highest BCUT2D eigenvalue weighted by molar-refractivity contribution is 6.32. The highest BCUT2D eigenvalue weighted by Gasteiger charge is 2.22. The van der Waals surface area contributed by atoms with Gasteiger partial charge in [0.15, 0.2) is 0 Å². The van der Waals surface area contributed by atoms with Crippen LogP contribution < -0.4 is 5.73 Å². The van der Waals surface area contributed by atoms with E-state index in [4.69, 9.17) is 28.9 Å². The minimum Gasteiger partial charge on any atom is -0.330 e. The summed E-state index contributed by atoms with van der Waals surface area (Å²) in [5, 5.41) is 1.18. The molecule has 88 valence electrons. The number of nitrogens with zero attached hydrogens (tertiary/aromatic N) is 2. The molecule has 3 nitrogen and oxygen atoms in total. The van der Waals surface area contributed by atoms with E-state index < -0.39 is 0 Å². The van der Waals surface area contributed by atoms with Gasteiger partial charge in [-0.1, -0.05) is 23.2 Å². The van der Waals surface area contributed by atoms with Crippen LogP contribution in [0.5, 0.6) is 0 Å². The van der Waals surface area contributed by atoms with Gasteiger partial charge < -0.3 is 5.73 Å². The van der Waals surface area contributed by atoms with E-state index in [-0.39, 0.29) is 0 Å². The summed E-state index contributed by atoms with van der Waals surface area (Å²) in [5.74, 6) is 0.609. The summed E-state index contributed by atoms with van der Waals surface area (Å²) in [5.41, 5.74) is 6.51. The van der Waals surface area contributed by atoms with E-state index in [9.17, 15) is 0 Å². The first-order valence-electron chi connectivity index (χ1n) is 5.42. The molecule has 1 aromatic rings. The Morgan fingerprint density at radius 2 is 2.25 bits per heavy atom. The van der Waals surface area contributed by atoms with Crippen molar-refractivity contribution < 1.29 is 0 Å². The Morgan fingerprint density at radius 1 is 1.44 bits per heavy atom. The van der Waals surface area contributed by atoms with Crippen LogP contribution in [0.25, 0.3) is 0 Å². The summed E-state index contributed by atoms with van der Waals surface area (Å²) in [7, 11) is 0. The molecule has 1 aliphatic heterocycles. The van der Waals surface area contributed by atoms with Crippen LogP contribution in [0.3, 0.4) is 0 Å². The topological polar surface area (TPSA) is 42.1 Å². The van der Waals surface area contributed by atoms with E-state index in [2.05, 4.69) is 9.88 Å². The normalized spacial score (nSPS) is 21.6. The first kappa shape index (κ1) is 12.1. The van der Waals surface area contributed by atoms with Gasteiger partial charge in [0, 0.05) is 13.1 Å². The summed E-state index contributed by atoms with van der Waals surface area (Å²) in [4.78, 5) is 6.57. The molecule has 1 aromatic heterocycles. The molecule has 0 radical (unpaired) electrons. The lowest BCUT2D eigenvalue weighted by atomic mass is 10.1. The molecule has 16 heavy (non-hydrogen) atoms. The second-order valence-corrected chi connectivity index (χ2v) is 4.98. The zero-order valence-corrected chi connectivity index (χ0v) is 10.5. The van der Waals surface area contributed by atoms with Crippen LogP contribution in [0.15, 0.2) is 12.1 Å². The van der Waals surface area contributed by atoms with Gasteiger partial charge >= 0.3 is 0 Å². The molecule has 2 rings (SSSR count). The van der Waals surface area contributed by atoms with Crippen molar-refractivity contribution in [3.8, 4) is 0 Å². The zero-order chi connectivity index (χ0) is 11.5. The Kier molecular flexibility index (Phi) is 4.03. The van der Waals surface area contributed by atoms with Gasteiger partial charge in [-0.15, -0.1) is 0 Å². The van der Waals surface area contributed by atoms with Gasteiger partial charge in [-0.3, -0.25) is 4.90 Å². The number of halogens is 2. The fraction of sp³-hybridized carbons (Fsp3) is 0.545. The average molecular weight is 260 g/mol. The van der Waals surface area contributed by atoms with Crippen LogP contribution >= 0.6 is 23.2 Å². The first-order valence-corrected chi connectivity index (χ1v) is 6.18. The third-order valence-corrected chi connectivity index (χ3v) is 3.52. The maximum absolute atomic E-state index is 6.07. The third-order valence-electron chi connectivity index (χ3n) is 2.96. The smallest absolute Gasteiger partial charge is 0.129 e. The molecular weight excluding hydrogens is 245 g/mol. The minimum absolute atomic E-state index is 0.494. The first-order chi connectivity index (χ1) is 7.69. The molecule has 1 saturated heterocycles. The average Bonchev–Trinajstić information content (AvgIpc) is 2.71. The fourth-order valence-corrected chi connectivity index (χ4v) is 2.36. The van der Waals surface area contributed by atoms with Gasteiger partial charge in [0.1, 0.15) is 5.15 Å². The number of aromatic nitrogens is 1. The Balaban J connectivity index is 2.01. The molecule has 1 unspecified atom stereocenters. The lowest BCUT2D eigenvalue weighted by Crippen LogP contribution is -2.23. The molecule has 1 atom stereocenters. The molecule has 5 heteroatoms. The monoisotopic (exact) mass is 259 g/mol. The maximum Gasteiger partial charge on any atom is 0.129 e. The second-order valence-electron chi connectivity index (χ2n) is 4.19. The van der Waals surface area contributed by atoms with Crippen LogP contribution in [-0.2, 0) is 6.54 Å². The number of nitrogens with two attached hydrogens (primary N) is 1. The molecule has 0 saturated carbocycles. The van der Waals surface area contributed by atoms with Crippen molar-refractivity contribution in [2.24, 2.45) is 11.7 Å². The van der Waals surface area contributed by atoms with E-state index >= 15 is 0 Å². The highest BCUT2D eigenvalue weighted by Crippen LogP contribution is 2.22. The quantitative estimate of drug-likeness (QED) is 0.847. The van der Waals surface area contributed by atoms with Gasteiger partial charge in [0.05, 0.1) is 10.7 Å². The van der Waals surface area contributed by atoms with Crippen LogP contribution in [-0.4, -0.2) is 29.5 Å². The molecular formula is C11H15Cl2N3. The largest absolute Gasteiger partial charge is 0.330 e. The summed E-state index contributed by atoms with van der Waals surface area (Å²) < 4.78 is 0. The molecule has 0 bridgehead atoms. The summed E-state index contributed by atoms with van der Waals surface area (Å²) in [6.07, 6.45) is 1.16. The van der Waals surface area contributed by atoms with E-state index in [1.165, 1.54) is 0 Å². The molecule has 0 amide bonds.